The molecule has 0 aromatic carbocycles. The lowest BCUT2D eigenvalue weighted by molar-refractivity contribution is -0.124. The average molecular weight is 303 g/mol. The molecule has 1 heterocycles. The predicted molar refractivity (Wildman–Crippen MR) is 78.0 cm³/mol. The molecule has 1 amide bonds. The number of hydrogen-bond acceptors (Lipinski definition) is 5. The van der Waals surface area contributed by atoms with E-state index in [0.717, 1.165) is 0 Å². The van der Waals surface area contributed by atoms with Crippen molar-refractivity contribution in [2.75, 3.05) is 31.6 Å². The van der Waals surface area contributed by atoms with Gasteiger partial charge in [-0.05, 0) is 39.2 Å². The average Bonchev–Trinajstić information content (AvgIpc) is 3.06. The van der Waals surface area contributed by atoms with Crippen molar-refractivity contribution >= 4 is 15.7 Å². The lowest BCUT2D eigenvalue weighted by atomic mass is 10.0. The molecule has 2 atom stereocenters. The summed E-state index contributed by atoms with van der Waals surface area (Å²) in [4.78, 5) is 14.1. The monoisotopic (exact) mass is 303 g/mol. The summed E-state index contributed by atoms with van der Waals surface area (Å²) < 4.78 is 23.0. The van der Waals surface area contributed by atoms with Crippen LogP contribution < -0.4 is 11.1 Å². The number of sulfone groups is 1. The first kappa shape index (κ1) is 15.7. The van der Waals surface area contributed by atoms with E-state index in [0.29, 0.717) is 18.9 Å². The normalized spacial score (nSPS) is 30.4. The molecule has 0 spiro atoms. The quantitative estimate of drug-likeness (QED) is 0.680. The zero-order valence-corrected chi connectivity index (χ0v) is 13.1. The molecule has 0 aromatic rings. The second-order valence-corrected chi connectivity index (χ2v) is 8.69. The molecule has 2 fully saturated rings. The van der Waals surface area contributed by atoms with Crippen LogP contribution in [0.3, 0.4) is 0 Å². The van der Waals surface area contributed by atoms with Crippen LogP contribution in [0.1, 0.15) is 26.2 Å². The maximum absolute atomic E-state index is 12.1. The highest BCUT2D eigenvalue weighted by Crippen LogP contribution is 2.34. The molecule has 2 rings (SSSR count). The van der Waals surface area contributed by atoms with Gasteiger partial charge in [0.15, 0.2) is 9.84 Å². The molecule has 20 heavy (non-hydrogen) atoms. The molecule has 1 saturated heterocycles. The topological polar surface area (TPSA) is 92.5 Å². The van der Waals surface area contributed by atoms with E-state index in [-0.39, 0.29) is 30.0 Å². The maximum Gasteiger partial charge on any atom is 0.234 e. The fraction of sp³-hybridized carbons (Fsp3) is 0.923. The third-order valence-electron chi connectivity index (χ3n) is 4.31. The van der Waals surface area contributed by atoms with Crippen molar-refractivity contribution in [3.63, 3.8) is 0 Å². The molecule has 2 aliphatic rings. The zero-order valence-electron chi connectivity index (χ0n) is 12.3. The molecule has 0 aromatic heterocycles. The van der Waals surface area contributed by atoms with E-state index in [1.165, 1.54) is 12.8 Å². The summed E-state index contributed by atoms with van der Waals surface area (Å²) >= 11 is 0. The van der Waals surface area contributed by atoms with Gasteiger partial charge in [-0.3, -0.25) is 9.69 Å². The number of rotatable bonds is 6. The minimum atomic E-state index is -3.00. The second kappa shape index (κ2) is 5.61. The first-order valence-electron chi connectivity index (χ1n) is 7.16. The van der Waals surface area contributed by atoms with Crippen molar-refractivity contribution in [2.45, 2.75) is 37.8 Å². The number of amides is 1. The van der Waals surface area contributed by atoms with Crippen LogP contribution in [0.5, 0.6) is 0 Å². The number of nitrogens with zero attached hydrogens (tertiary/aromatic N) is 1. The van der Waals surface area contributed by atoms with Gasteiger partial charge in [0, 0.05) is 12.6 Å². The highest BCUT2D eigenvalue weighted by molar-refractivity contribution is 7.91. The van der Waals surface area contributed by atoms with Crippen molar-refractivity contribution in [2.24, 2.45) is 11.7 Å². The van der Waals surface area contributed by atoms with Crippen LogP contribution in [-0.4, -0.2) is 62.4 Å². The minimum Gasteiger partial charge on any atom is -0.349 e. The van der Waals surface area contributed by atoms with Crippen LogP contribution >= 0.6 is 0 Å². The highest BCUT2D eigenvalue weighted by atomic mass is 32.2. The summed E-state index contributed by atoms with van der Waals surface area (Å²) in [5.74, 6) is 0.692. The fourth-order valence-corrected chi connectivity index (χ4v) is 5.14. The number of carbonyl (C=O) groups excluding carboxylic acids is 1. The summed E-state index contributed by atoms with van der Waals surface area (Å²) in [6, 6.07) is 0.251. The van der Waals surface area contributed by atoms with E-state index in [1.807, 2.05) is 11.9 Å². The minimum absolute atomic E-state index is 0.0401. The van der Waals surface area contributed by atoms with E-state index >= 15 is 0 Å². The Morgan fingerprint density at radius 2 is 2.15 bits per heavy atom. The van der Waals surface area contributed by atoms with Crippen molar-refractivity contribution < 1.29 is 13.2 Å². The van der Waals surface area contributed by atoms with Gasteiger partial charge >= 0.3 is 0 Å². The van der Waals surface area contributed by atoms with Crippen LogP contribution in [0.2, 0.25) is 0 Å². The lowest BCUT2D eigenvalue weighted by Crippen LogP contribution is -2.52. The summed E-state index contributed by atoms with van der Waals surface area (Å²) in [6.45, 7) is 2.63. The summed E-state index contributed by atoms with van der Waals surface area (Å²) in [7, 11) is -1.09. The molecule has 1 saturated carbocycles. The van der Waals surface area contributed by atoms with Crippen LogP contribution in [0.4, 0.5) is 0 Å². The van der Waals surface area contributed by atoms with Gasteiger partial charge in [-0.15, -0.1) is 0 Å². The van der Waals surface area contributed by atoms with Crippen LogP contribution in [-0.2, 0) is 14.6 Å². The molecule has 1 aliphatic carbocycles. The van der Waals surface area contributed by atoms with Gasteiger partial charge in [0.25, 0.3) is 0 Å². The highest BCUT2D eigenvalue weighted by Gasteiger charge is 2.40. The second-order valence-electron chi connectivity index (χ2n) is 6.51. The van der Waals surface area contributed by atoms with E-state index in [4.69, 9.17) is 5.73 Å². The van der Waals surface area contributed by atoms with E-state index < -0.39 is 15.4 Å². The molecule has 1 aliphatic heterocycles. The van der Waals surface area contributed by atoms with Gasteiger partial charge in [-0.1, -0.05) is 0 Å². The number of likely N-dealkylation sites (N-methyl/N-ethyl adjacent to an activating group) is 1. The predicted octanol–water partition coefficient (Wildman–Crippen LogP) is -0.651. The molecule has 0 bridgehead atoms. The van der Waals surface area contributed by atoms with E-state index in [9.17, 15) is 13.2 Å². The Morgan fingerprint density at radius 1 is 1.50 bits per heavy atom. The number of carbonyl (C=O) groups is 1. The Labute approximate surface area is 121 Å². The molecule has 3 N–H and O–H groups in total. The maximum atomic E-state index is 12.1. The molecule has 116 valence electrons. The molecular weight excluding hydrogens is 278 g/mol. The number of nitrogens with two attached hydrogens (primary N) is 1. The van der Waals surface area contributed by atoms with Gasteiger partial charge < -0.3 is 11.1 Å². The number of hydrogen-bond donors (Lipinski definition) is 2. The summed E-state index contributed by atoms with van der Waals surface area (Å²) in [5.41, 5.74) is 5.15. The molecule has 6 nitrogen and oxygen atoms in total. The fourth-order valence-electron chi connectivity index (χ4n) is 3.04. The largest absolute Gasteiger partial charge is 0.349 e. The first-order valence-corrected chi connectivity index (χ1v) is 8.98. The van der Waals surface area contributed by atoms with Crippen molar-refractivity contribution in [1.29, 1.82) is 0 Å². The van der Waals surface area contributed by atoms with Crippen LogP contribution in [0, 0.1) is 5.92 Å². The lowest BCUT2D eigenvalue weighted by Gasteiger charge is -2.29. The van der Waals surface area contributed by atoms with E-state index in [1.54, 1.807) is 6.92 Å². The third-order valence-corrected chi connectivity index (χ3v) is 6.21. The smallest absolute Gasteiger partial charge is 0.234 e. The molecule has 2 unspecified atom stereocenters. The van der Waals surface area contributed by atoms with Gasteiger partial charge in [-0.25, -0.2) is 8.42 Å². The molecule has 7 heteroatoms. The van der Waals surface area contributed by atoms with Gasteiger partial charge in [0.05, 0.1) is 23.6 Å². The Morgan fingerprint density at radius 3 is 2.60 bits per heavy atom. The standard InChI is InChI=1S/C13H25N3O3S/c1-13(5-6-20(18,19)9-13)15-12(17)8-16(2)11(7-14)10-3-4-10/h10-11H,3-9,14H2,1-2H3,(H,15,17). The SMILES string of the molecule is CN(CC(=O)NC1(C)CCS(=O)(=O)C1)C(CN)C1CC1. The van der Waals surface area contributed by atoms with Gasteiger partial charge in [-0.2, -0.15) is 0 Å². The Bertz CT molecular complexity index is 475. The van der Waals surface area contributed by atoms with E-state index in [2.05, 4.69) is 5.32 Å². The number of nitrogens with one attached hydrogen (secondary N) is 1. The molecule has 0 radical (unpaired) electrons. The zero-order chi connectivity index (χ0) is 15.0. The van der Waals surface area contributed by atoms with Crippen molar-refractivity contribution in [3.05, 3.63) is 0 Å². The third kappa shape index (κ3) is 3.93. The first-order chi connectivity index (χ1) is 9.25. The molecular formula is C13H25N3O3S. The van der Waals surface area contributed by atoms with Crippen molar-refractivity contribution in [1.82, 2.24) is 10.2 Å². The van der Waals surface area contributed by atoms with Crippen molar-refractivity contribution in [3.8, 4) is 0 Å². The van der Waals surface area contributed by atoms with Crippen LogP contribution in [0.15, 0.2) is 0 Å². The Hall–Kier alpha value is -0.660. The Balaban J connectivity index is 1.86. The summed E-state index contributed by atoms with van der Waals surface area (Å²) in [6.07, 6.45) is 2.86. The Kier molecular flexibility index (Phi) is 4.41. The van der Waals surface area contributed by atoms with Gasteiger partial charge in [0.1, 0.15) is 0 Å². The van der Waals surface area contributed by atoms with Gasteiger partial charge in [0.2, 0.25) is 5.91 Å². The van der Waals surface area contributed by atoms with Crippen LogP contribution in [0.25, 0.3) is 0 Å². The summed E-state index contributed by atoms with van der Waals surface area (Å²) in [5, 5.41) is 2.88.